The Morgan fingerprint density at radius 1 is 1.25 bits per heavy atom. The van der Waals surface area contributed by atoms with E-state index >= 15 is 0 Å². The smallest absolute Gasteiger partial charge is 0.297 e. The third-order valence-electron chi connectivity index (χ3n) is 3.42. The Kier molecular flexibility index (Phi) is 4.31. The molecule has 0 saturated heterocycles. The molecule has 0 fully saturated rings. The monoisotopic (exact) mass is 346 g/mol. The fourth-order valence-electron chi connectivity index (χ4n) is 2.18. The van der Waals surface area contributed by atoms with E-state index in [0.717, 1.165) is 5.56 Å². The Morgan fingerprint density at radius 2 is 2.00 bits per heavy atom. The van der Waals surface area contributed by atoms with Gasteiger partial charge in [0.2, 0.25) is 11.9 Å². The normalized spacial score (nSPS) is 13.7. The van der Waals surface area contributed by atoms with Crippen LogP contribution in [0.5, 0.6) is 11.5 Å². The molecular weight excluding hydrogens is 328 g/mol. The van der Waals surface area contributed by atoms with Gasteiger partial charge in [-0.2, -0.15) is 9.78 Å². The minimum Gasteiger partial charge on any atom is -0.454 e. The molecule has 0 bridgehead atoms. The SMILES string of the molecule is CSc1nnc(C(C)(C)C)c(=O)n1N=Cc1ccc2c(c1)OCO2. The highest BCUT2D eigenvalue weighted by Gasteiger charge is 2.23. The first-order chi connectivity index (χ1) is 11.4. The summed E-state index contributed by atoms with van der Waals surface area (Å²) in [5.74, 6) is 1.37. The number of ether oxygens (including phenoxy) is 2. The van der Waals surface area contributed by atoms with E-state index in [4.69, 9.17) is 9.47 Å². The molecule has 2 aromatic rings. The van der Waals surface area contributed by atoms with Gasteiger partial charge in [-0.25, -0.2) is 0 Å². The van der Waals surface area contributed by atoms with Gasteiger partial charge in [0.15, 0.2) is 11.5 Å². The van der Waals surface area contributed by atoms with E-state index in [0.29, 0.717) is 22.3 Å². The highest BCUT2D eigenvalue weighted by Crippen LogP contribution is 2.32. The maximum Gasteiger partial charge on any atom is 0.297 e. The molecule has 3 rings (SSSR count). The third kappa shape index (κ3) is 3.14. The van der Waals surface area contributed by atoms with Crippen LogP contribution in [0.3, 0.4) is 0 Å². The molecular formula is C16H18N4O3S. The van der Waals surface area contributed by atoms with Crippen molar-refractivity contribution >= 4 is 18.0 Å². The number of hydrogen-bond acceptors (Lipinski definition) is 7. The Labute approximate surface area is 143 Å². The molecule has 0 amide bonds. The van der Waals surface area contributed by atoms with E-state index in [1.807, 2.05) is 45.2 Å². The van der Waals surface area contributed by atoms with Gasteiger partial charge in [0.1, 0.15) is 5.69 Å². The molecule has 1 aliphatic rings. The maximum atomic E-state index is 12.7. The van der Waals surface area contributed by atoms with Gasteiger partial charge in [0.05, 0.1) is 6.21 Å². The second-order valence-corrected chi connectivity index (χ2v) is 7.03. The van der Waals surface area contributed by atoms with E-state index in [1.54, 1.807) is 6.21 Å². The molecule has 126 valence electrons. The summed E-state index contributed by atoms with van der Waals surface area (Å²) in [7, 11) is 0. The maximum absolute atomic E-state index is 12.7. The number of fused-ring (bicyclic) bond motifs is 1. The molecule has 0 aliphatic carbocycles. The fraction of sp³-hybridized carbons (Fsp3) is 0.375. The van der Waals surface area contributed by atoms with Crippen LogP contribution in [0.2, 0.25) is 0 Å². The van der Waals surface area contributed by atoms with Crippen molar-refractivity contribution in [1.82, 2.24) is 14.9 Å². The van der Waals surface area contributed by atoms with Crippen LogP contribution in [0.4, 0.5) is 0 Å². The molecule has 2 heterocycles. The first kappa shape index (κ1) is 16.5. The number of thioether (sulfide) groups is 1. The van der Waals surface area contributed by atoms with E-state index in [9.17, 15) is 4.79 Å². The molecule has 1 aliphatic heterocycles. The predicted molar refractivity (Wildman–Crippen MR) is 92.3 cm³/mol. The molecule has 1 aromatic carbocycles. The number of benzene rings is 1. The van der Waals surface area contributed by atoms with Crippen LogP contribution in [0.1, 0.15) is 32.0 Å². The molecule has 0 spiro atoms. The lowest BCUT2D eigenvalue weighted by Crippen LogP contribution is -2.32. The summed E-state index contributed by atoms with van der Waals surface area (Å²) in [6.07, 6.45) is 3.42. The van der Waals surface area contributed by atoms with Crippen molar-refractivity contribution in [3.8, 4) is 11.5 Å². The van der Waals surface area contributed by atoms with E-state index in [1.165, 1.54) is 16.4 Å². The van der Waals surface area contributed by atoms with Crippen LogP contribution in [-0.2, 0) is 5.41 Å². The fourth-order valence-corrected chi connectivity index (χ4v) is 2.61. The van der Waals surface area contributed by atoms with Crippen molar-refractivity contribution in [2.75, 3.05) is 13.0 Å². The van der Waals surface area contributed by atoms with Crippen LogP contribution in [-0.4, -0.2) is 34.1 Å². The molecule has 0 saturated carbocycles. The van der Waals surface area contributed by atoms with E-state index in [-0.39, 0.29) is 12.4 Å². The summed E-state index contributed by atoms with van der Waals surface area (Å²) in [4.78, 5) is 12.7. The summed E-state index contributed by atoms with van der Waals surface area (Å²) >= 11 is 1.32. The first-order valence-corrected chi connectivity index (χ1v) is 8.61. The number of hydrogen-bond donors (Lipinski definition) is 0. The largest absolute Gasteiger partial charge is 0.454 e. The Balaban J connectivity index is 2.01. The van der Waals surface area contributed by atoms with Crippen LogP contribution in [0.25, 0.3) is 0 Å². The summed E-state index contributed by atoms with van der Waals surface area (Å²) in [6, 6.07) is 5.47. The van der Waals surface area contributed by atoms with Gasteiger partial charge in [-0.3, -0.25) is 4.79 Å². The lowest BCUT2D eigenvalue weighted by Gasteiger charge is -2.16. The average molecular weight is 346 g/mol. The quantitative estimate of drug-likeness (QED) is 0.627. The molecule has 0 unspecified atom stereocenters. The zero-order valence-corrected chi connectivity index (χ0v) is 14.8. The van der Waals surface area contributed by atoms with Gasteiger partial charge >= 0.3 is 0 Å². The summed E-state index contributed by atoms with van der Waals surface area (Å²) < 4.78 is 11.9. The van der Waals surface area contributed by atoms with Crippen LogP contribution in [0, 0.1) is 0 Å². The lowest BCUT2D eigenvalue weighted by molar-refractivity contribution is 0.174. The van der Waals surface area contributed by atoms with Gasteiger partial charge in [-0.05, 0) is 30.0 Å². The van der Waals surface area contributed by atoms with Crippen molar-refractivity contribution in [1.29, 1.82) is 0 Å². The highest BCUT2D eigenvalue weighted by molar-refractivity contribution is 7.98. The zero-order valence-electron chi connectivity index (χ0n) is 13.9. The zero-order chi connectivity index (χ0) is 17.3. The van der Waals surface area contributed by atoms with Crippen LogP contribution < -0.4 is 15.0 Å². The second-order valence-electron chi connectivity index (χ2n) is 6.26. The molecule has 24 heavy (non-hydrogen) atoms. The Morgan fingerprint density at radius 3 is 2.71 bits per heavy atom. The number of rotatable bonds is 3. The van der Waals surface area contributed by atoms with Crippen molar-refractivity contribution in [3.63, 3.8) is 0 Å². The third-order valence-corrected chi connectivity index (χ3v) is 4.04. The van der Waals surface area contributed by atoms with Gasteiger partial charge in [-0.15, -0.1) is 10.2 Å². The molecule has 1 aromatic heterocycles. The van der Waals surface area contributed by atoms with E-state index < -0.39 is 5.41 Å². The minimum absolute atomic E-state index is 0.217. The van der Waals surface area contributed by atoms with Crippen molar-refractivity contribution in [2.24, 2.45) is 5.10 Å². The summed E-state index contributed by atoms with van der Waals surface area (Å²) in [5, 5.41) is 12.9. The number of aromatic nitrogens is 3. The topological polar surface area (TPSA) is 78.6 Å². The molecule has 0 N–H and O–H groups in total. The lowest BCUT2D eigenvalue weighted by atomic mass is 9.93. The Hall–Kier alpha value is -2.35. The Bertz CT molecular complexity index is 855. The summed E-state index contributed by atoms with van der Waals surface area (Å²) in [5.41, 5.74) is 0.506. The van der Waals surface area contributed by atoms with Gasteiger partial charge < -0.3 is 9.47 Å². The van der Waals surface area contributed by atoms with Crippen LogP contribution in [0.15, 0.2) is 33.3 Å². The van der Waals surface area contributed by atoms with Crippen molar-refractivity contribution in [2.45, 2.75) is 31.3 Å². The molecule has 0 radical (unpaired) electrons. The van der Waals surface area contributed by atoms with Crippen molar-refractivity contribution in [3.05, 3.63) is 39.8 Å². The second kappa shape index (κ2) is 6.27. The predicted octanol–water partition coefficient (Wildman–Crippen LogP) is 2.27. The van der Waals surface area contributed by atoms with Gasteiger partial charge in [0.25, 0.3) is 5.56 Å². The number of nitrogens with zero attached hydrogens (tertiary/aromatic N) is 4. The molecule has 8 heteroatoms. The summed E-state index contributed by atoms with van der Waals surface area (Å²) in [6.45, 7) is 5.98. The van der Waals surface area contributed by atoms with Gasteiger partial charge in [-0.1, -0.05) is 32.5 Å². The van der Waals surface area contributed by atoms with Gasteiger partial charge in [0, 0.05) is 5.41 Å². The minimum atomic E-state index is -0.406. The average Bonchev–Trinajstić information content (AvgIpc) is 2.99. The molecule has 0 atom stereocenters. The highest BCUT2D eigenvalue weighted by atomic mass is 32.2. The van der Waals surface area contributed by atoms with Crippen molar-refractivity contribution < 1.29 is 9.47 Å². The van der Waals surface area contributed by atoms with E-state index in [2.05, 4.69) is 15.3 Å². The van der Waals surface area contributed by atoms with Crippen LogP contribution >= 0.6 is 11.8 Å². The molecule has 7 nitrogen and oxygen atoms in total. The first-order valence-electron chi connectivity index (χ1n) is 7.38. The standard InChI is InChI=1S/C16H18N4O3S/c1-16(2,3)13-14(21)20(15(24-4)19-18-13)17-8-10-5-6-11-12(7-10)23-9-22-11/h5-8H,9H2,1-4H3.